The highest BCUT2D eigenvalue weighted by molar-refractivity contribution is 5.68. The summed E-state index contributed by atoms with van der Waals surface area (Å²) in [6.07, 6.45) is -0.194. The fourth-order valence-electron chi connectivity index (χ4n) is 2.08. The van der Waals surface area contributed by atoms with E-state index in [-0.39, 0.29) is 24.8 Å². The van der Waals surface area contributed by atoms with Crippen molar-refractivity contribution < 1.29 is 19.4 Å². The SMILES string of the molecule is CC(O)CN(C(=O)OC(C)(C)C)C1CCOC1C. The zero-order valence-electron chi connectivity index (χ0n) is 12.0. The van der Waals surface area contributed by atoms with Gasteiger partial charge in [-0.1, -0.05) is 0 Å². The quantitative estimate of drug-likeness (QED) is 0.839. The summed E-state index contributed by atoms with van der Waals surface area (Å²) >= 11 is 0. The number of aliphatic hydroxyl groups is 1. The molecule has 0 aromatic carbocycles. The van der Waals surface area contributed by atoms with Crippen molar-refractivity contribution in [1.82, 2.24) is 4.90 Å². The molecule has 1 aliphatic rings. The third-order valence-corrected chi connectivity index (χ3v) is 2.83. The van der Waals surface area contributed by atoms with Crippen LogP contribution in [0.2, 0.25) is 0 Å². The van der Waals surface area contributed by atoms with Gasteiger partial charge in [0.05, 0.1) is 24.8 Å². The molecule has 1 amide bonds. The van der Waals surface area contributed by atoms with Crippen molar-refractivity contribution in [2.24, 2.45) is 0 Å². The van der Waals surface area contributed by atoms with Crippen LogP contribution >= 0.6 is 0 Å². The van der Waals surface area contributed by atoms with Gasteiger partial charge in [-0.25, -0.2) is 4.79 Å². The predicted octanol–water partition coefficient (Wildman–Crippen LogP) is 1.78. The highest BCUT2D eigenvalue weighted by Gasteiger charge is 2.35. The van der Waals surface area contributed by atoms with Crippen LogP contribution in [0.15, 0.2) is 0 Å². The second kappa shape index (κ2) is 5.89. The summed E-state index contributed by atoms with van der Waals surface area (Å²) in [5.74, 6) is 0. The Hall–Kier alpha value is -0.810. The Morgan fingerprint density at radius 3 is 2.56 bits per heavy atom. The molecule has 3 unspecified atom stereocenters. The van der Waals surface area contributed by atoms with Crippen molar-refractivity contribution in [3.63, 3.8) is 0 Å². The van der Waals surface area contributed by atoms with Gasteiger partial charge in [-0.3, -0.25) is 4.90 Å². The molecule has 0 radical (unpaired) electrons. The molecule has 1 heterocycles. The molecule has 0 aliphatic carbocycles. The van der Waals surface area contributed by atoms with Gasteiger partial charge < -0.3 is 14.6 Å². The number of hydrogen-bond donors (Lipinski definition) is 1. The van der Waals surface area contributed by atoms with Gasteiger partial charge in [-0.05, 0) is 41.0 Å². The van der Waals surface area contributed by atoms with Crippen LogP contribution in [0.25, 0.3) is 0 Å². The monoisotopic (exact) mass is 259 g/mol. The van der Waals surface area contributed by atoms with E-state index in [1.165, 1.54) is 0 Å². The standard InChI is InChI=1S/C13H25NO4/c1-9(15)8-14(11-6-7-17-10(11)2)12(16)18-13(3,4)5/h9-11,15H,6-8H2,1-5H3. The third-order valence-electron chi connectivity index (χ3n) is 2.83. The molecule has 0 saturated carbocycles. The molecule has 0 aromatic rings. The van der Waals surface area contributed by atoms with E-state index in [1.807, 2.05) is 27.7 Å². The molecule has 0 bridgehead atoms. The predicted molar refractivity (Wildman–Crippen MR) is 68.4 cm³/mol. The van der Waals surface area contributed by atoms with Crippen molar-refractivity contribution in [2.75, 3.05) is 13.2 Å². The summed E-state index contributed by atoms with van der Waals surface area (Å²) in [4.78, 5) is 13.8. The van der Waals surface area contributed by atoms with E-state index in [0.717, 1.165) is 6.42 Å². The minimum Gasteiger partial charge on any atom is -0.444 e. The molecule has 3 atom stereocenters. The molecule has 5 heteroatoms. The summed E-state index contributed by atoms with van der Waals surface area (Å²) in [6, 6.07) is -0.0190. The van der Waals surface area contributed by atoms with Gasteiger partial charge in [0.2, 0.25) is 0 Å². The normalized spacial score (nSPS) is 25.9. The Morgan fingerprint density at radius 2 is 2.17 bits per heavy atom. The lowest BCUT2D eigenvalue weighted by Crippen LogP contribution is -2.48. The molecule has 1 fully saturated rings. The molecular formula is C13H25NO4. The number of amides is 1. The van der Waals surface area contributed by atoms with Crippen LogP contribution in [-0.4, -0.2) is 53.1 Å². The largest absolute Gasteiger partial charge is 0.444 e. The summed E-state index contributed by atoms with van der Waals surface area (Å²) < 4.78 is 10.9. The highest BCUT2D eigenvalue weighted by atomic mass is 16.6. The van der Waals surface area contributed by atoms with Gasteiger partial charge in [0.1, 0.15) is 5.60 Å². The summed E-state index contributed by atoms with van der Waals surface area (Å²) in [7, 11) is 0. The maximum absolute atomic E-state index is 12.2. The Morgan fingerprint density at radius 1 is 1.56 bits per heavy atom. The van der Waals surface area contributed by atoms with Gasteiger partial charge in [0.25, 0.3) is 0 Å². The molecule has 0 aromatic heterocycles. The van der Waals surface area contributed by atoms with Gasteiger partial charge in [-0.2, -0.15) is 0 Å². The van der Waals surface area contributed by atoms with E-state index in [9.17, 15) is 9.90 Å². The maximum atomic E-state index is 12.2. The molecular weight excluding hydrogens is 234 g/mol. The van der Waals surface area contributed by atoms with Crippen LogP contribution in [0.3, 0.4) is 0 Å². The van der Waals surface area contributed by atoms with E-state index < -0.39 is 11.7 Å². The number of carbonyl (C=O) groups excluding carboxylic acids is 1. The average Bonchev–Trinajstić information content (AvgIpc) is 2.57. The molecule has 5 nitrogen and oxygen atoms in total. The summed E-state index contributed by atoms with van der Waals surface area (Å²) in [5.41, 5.74) is -0.531. The van der Waals surface area contributed by atoms with Gasteiger partial charge in [0, 0.05) is 6.61 Å². The molecule has 1 aliphatic heterocycles. The third kappa shape index (κ3) is 4.46. The Balaban J connectivity index is 2.74. The summed E-state index contributed by atoms with van der Waals surface area (Å²) in [6.45, 7) is 10.0. The lowest BCUT2D eigenvalue weighted by molar-refractivity contribution is -0.00485. The molecule has 18 heavy (non-hydrogen) atoms. The van der Waals surface area contributed by atoms with E-state index in [0.29, 0.717) is 6.61 Å². The second-order valence-corrected chi connectivity index (χ2v) is 5.91. The van der Waals surface area contributed by atoms with Crippen LogP contribution in [0, 0.1) is 0 Å². The molecule has 0 spiro atoms. The van der Waals surface area contributed by atoms with E-state index in [4.69, 9.17) is 9.47 Å². The number of carbonyl (C=O) groups is 1. The smallest absolute Gasteiger partial charge is 0.410 e. The Kier molecular flexibility index (Phi) is 4.99. The summed E-state index contributed by atoms with van der Waals surface area (Å²) in [5, 5.41) is 9.53. The minimum atomic E-state index is -0.578. The molecule has 106 valence electrons. The van der Waals surface area contributed by atoms with Gasteiger partial charge >= 0.3 is 6.09 Å². The Bertz CT molecular complexity index is 285. The number of hydrogen-bond acceptors (Lipinski definition) is 4. The van der Waals surface area contributed by atoms with Crippen molar-refractivity contribution >= 4 is 6.09 Å². The van der Waals surface area contributed by atoms with Crippen LogP contribution in [0.5, 0.6) is 0 Å². The van der Waals surface area contributed by atoms with Crippen molar-refractivity contribution in [3.8, 4) is 0 Å². The van der Waals surface area contributed by atoms with Crippen LogP contribution in [0.4, 0.5) is 4.79 Å². The first kappa shape index (κ1) is 15.2. The molecule has 1 rings (SSSR count). The van der Waals surface area contributed by atoms with Crippen LogP contribution < -0.4 is 0 Å². The Labute approximate surface area is 109 Å². The molecule has 1 saturated heterocycles. The fourth-order valence-corrected chi connectivity index (χ4v) is 2.08. The lowest BCUT2D eigenvalue weighted by Gasteiger charge is -2.33. The topological polar surface area (TPSA) is 59.0 Å². The fraction of sp³-hybridized carbons (Fsp3) is 0.923. The average molecular weight is 259 g/mol. The van der Waals surface area contributed by atoms with Crippen LogP contribution in [-0.2, 0) is 9.47 Å². The number of ether oxygens (including phenoxy) is 2. The van der Waals surface area contributed by atoms with E-state index in [2.05, 4.69) is 0 Å². The second-order valence-electron chi connectivity index (χ2n) is 5.91. The van der Waals surface area contributed by atoms with Gasteiger partial charge in [0.15, 0.2) is 0 Å². The number of rotatable bonds is 3. The lowest BCUT2D eigenvalue weighted by atomic mass is 10.1. The zero-order valence-corrected chi connectivity index (χ0v) is 12.0. The van der Waals surface area contributed by atoms with Crippen molar-refractivity contribution in [1.29, 1.82) is 0 Å². The first-order chi connectivity index (χ1) is 8.20. The zero-order chi connectivity index (χ0) is 13.9. The molecule has 1 N–H and O–H groups in total. The first-order valence-corrected chi connectivity index (χ1v) is 6.50. The van der Waals surface area contributed by atoms with E-state index in [1.54, 1.807) is 11.8 Å². The van der Waals surface area contributed by atoms with Crippen LogP contribution in [0.1, 0.15) is 41.0 Å². The van der Waals surface area contributed by atoms with Gasteiger partial charge in [-0.15, -0.1) is 0 Å². The maximum Gasteiger partial charge on any atom is 0.410 e. The number of nitrogens with zero attached hydrogens (tertiary/aromatic N) is 1. The van der Waals surface area contributed by atoms with E-state index >= 15 is 0 Å². The first-order valence-electron chi connectivity index (χ1n) is 6.50. The highest BCUT2D eigenvalue weighted by Crippen LogP contribution is 2.22. The number of aliphatic hydroxyl groups excluding tert-OH is 1. The minimum absolute atomic E-state index is 0.0173. The van der Waals surface area contributed by atoms with Crippen molar-refractivity contribution in [3.05, 3.63) is 0 Å². The van der Waals surface area contributed by atoms with Crippen molar-refractivity contribution in [2.45, 2.75) is 64.9 Å².